The summed E-state index contributed by atoms with van der Waals surface area (Å²) < 4.78 is 10.3. The molecule has 8 nitrogen and oxygen atoms in total. The summed E-state index contributed by atoms with van der Waals surface area (Å²) in [7, 11) is 0. The lowest BCUT2D eigenvalue weighted by Gasteiger charge is -2.09. The van der Waals surface area contributed by atoms with Gasteiger partial charge in [0.05, 0.1) is 11.1 Å². The number of nitrogens with zero attached hydrogens (tertiary/aromatic N) is 4. The zero-order chi connectivity index (χ0) is 19.8. The molecule has 0 radical (unpaired) electrons. The van der Waals surface area contributed by atoms with Crippen LogP contribution in [0.1, 0.15) is 45.7 Å². The second kappa shape index (κ2) is 6.63. The number of hydrogen-bond donors (Lipinski definition) is 0. The normalized spacial score (nSPS) is 17.1. The van der Waals surface area contributed by atoms with Crippen LogP contribution in [0.25, 0.3) is 0 Å². The summed E-state index contributed by atoms with van der Waals surface area (Å²) in [6.07, 6.45) is 0. The van der Waals surface area contributed by atoms with Gasteiger partial charge in [0, 0.05) is 11.1 Å². The van der Waals surface area contributed by atoms with Crippen molar-refractivity contribution in [2.24, 2.45) is 20.5 Å². The summed E-state index contributed by atoms with van der Waals surface area (Å²) in [5.74, 6) is -0.959. The highest BCUT2D eigenvalue weighted by atomic mass is 16.6. The molecule has 2 aliphatic rings. The highest BCUT2D eigenvalue weighted by Crippen LogP contribution is 2.39. The Bertz CT molecular complexity index is 887. The molecule has 0 aliphatic carbocycles. The first-order valence-corrected chi connectivity index (χ1v) is 8.83. The monoisotopic (exact) mass is 378 g/mol. The van der Waals surface area contributed by atoms with E-state index in [1.165, 1.54) is 0 Å². The number of hydrogen-bond acceptors (Lipinski definition) is 8. The molecule has 0 fully saturated rings. The van der Waals surface area contributed by atoms with Crippen LogP contribution in [0.2, 0.25) is 0 Å². The predicted molar refractivity (Wildman–Crippen MR) is 97.9 cm³/mol. The molecule has 28 heavy (non-hydrogen) atoms. The average molecular weight is 378 g/mol. The van der Waals surface area contributed by atoms with Gasteiger partial charge in [0.1, 0.15) is 13.2 Å². The molecule has 4 rings (SSSR count). The summed E-state index contributed by atoms with van der Waals surface area (Å²) in [6, 6.07) is 13.8. The molecule has 142 valence electrons. The Morgan fingerprint density at radius 3 is 1.29 bits per heavy atom. The van der Waals surface area contributed by atoms with Crippen molar-refractivity contribution in [3.63, 3.8) is 0 Å². The first kappa shape index (κ1) is 18.0. The van der Waals surface area contributed by atoms with Crippen LogP contribution in [0.15, 0.2) is 69.0 Å². The van der Waals surface area contributed by atoms with Crippen LogP contribution in [0.4, 0.5) is 0 Å². The van der Waals surface area contributed by atoms with Crippen molar-refractivity contribution in [3.8, 4) is 0 Å². The lowest BCUT2D eigenvalue weighted by Crippen LogP contribution is -2.14. The average Bonchev–Trinajstić information content (AvgIpc) is 3.64. The number of rotatable bonds is 7. The van der Waals surface area contributed by atoms with Gasteiger partial charge >= 0.3 is 11.9 Å². The minimum atomic E-state index is -0.480. The Balaban J connectivity index is 1.21. The van der Waals surface area contributed by atoms with Crippen molar-refractivity contribution >= 4 is 11.9 Å². The second-order valence-corrected chi connectivity index (χ2v) is 6.87. The summed E-state index contributed by atoms with van der Waals surface area (Å²) in [5.41, 5.74) is 1.71. The van der Waals surface area contributed by atoms with Gasteiger partial charge in [-0.2, -0.15) is 20.5 Å². The second-order valence-electron chi connectivity index (χ2n) is 6.87. The van der Waals surface area contributed by atoms with Gasteiger partial charge < -0.3 is 9.47 Å². The van der Waals surface area contributed by atoms with Crippen LogP contribution >= 0.6 is 0 Å². The van der Waals surface area contributed by atoms with Gasteiger partial charge in [-0.1, -0.05) is 24.3 Å². The third kappa shape index (κ3) is 3.66. The molecule has 0 unspecified atom stereocenters. The van der Waals surface area contributed by atoms with Crippen molar-refractivity contribution in [2.75, 3.05) is 13.2 Å². The van der Waals surface area contributed by atoms with E-state index in [2.05, 4.69) is 20.5 Å². The maximum absolute atomic E-state index is 12.0. The quantitative estimate of drug-likeness (QED) is 0.537. The van der Waals surface area contributed by atoms with Gasteiger partial charge in [-0.25, -0.2) is 9.59 Å². The molecule has 8 heteroatoms. The van der Waals surface area contributed by atoms with E-state index in [0.717, 1.165) is 11.1 Å². The van der Waals surface area contributed by atoms with Gasteiger partial charge in [-0.15, -0.1) is 0 Å². The Kier molecular flexibility index (Phi) is 4.26. The van der Waals surface area contributed by atoms with Crippen molar-refractivity contribution in [2.45, 2.75) is 25.2 Å². The standard InChI is InChI=1S/C20H18N4O4/c1-19(21-22-19)15-7-3-13(4-8-15)17(25)27-11-12-28-18(26)14-5-9-16(10-6-14)20(2)23-24-20/h3-10H,11-12H2,1-2H3. The predicted octanol–water partition coefficient (Wildman–Crippen LogP) is 3.98. The van der Waals surface area contributed by atoms with Crippen molar-refractivity contribution in [3.05, 3.63) is 70.8 Å². The van der Waals surface area contributed by atoms with E-state index in [1.54, 1.807) is 48.5 Å². The summed E-state index contributed by atoms with van der Waals surface area (Å²) in [4.78, 5) is 24.1. The number of benzene rings is 2. The van der Waals surface area contributed by atoms with Gasteiger partial charge in [-0.05, 0) is 38.1 Å². The molecule has 2 aliphatic heterocycles. The molecule has 0 atom stereocenters. The third-order valence-corrected chi connectivity index (χ3v) is 4.68. The molecule has 2 aromatic rings. The molecule has 0 saturated heterocycles. The Labute approximate surface area is 161 Å². The topological polar surface area (TPSA) is 102 Å². The Morgan fingerprint density at radius 2 is 1.00 bits per heavy atom. The van der Waals surface area contributed by atoms with Crippen LogP contribution < -0.4 is 0 Å². The van der Waals surface area contributed by atoms with Gasteiger partial charge in [-0.3, -0.25) is 0 Å². The number of carbonyl (C=O) groups excluding carboxylic acids is 2. The molecule has 0 spiro atoms. The van der Waals surface area contributed by atoms with Crippen LogP contribution in [0, 0.1) is 0 Å². The SMILES string of the molecule is CC1(c2ccc(C(=O)OCCOC(=O)c3ccc(C4(C)N=N4)cc3)cc2)N=N1. The number of esters is 2. The molecule has 2 aromatic carbocycles. The number of carbonyl (C=O) groups is 2. The summed E-state index contributed by atoms with van der Waals surface area (Å²) in [5, 5.41) is 15.8. The summed E-state index contributed by atoms with van der Waals surface area (Å²) in [6.45, 7) is 3.73. The first-order chi connectivity index (χ1) is 13.4. The maximum Gasteiger partial charge on any atom is 0.338 e. The molecule has 2 heterocycles. The smallest absolute Gasteiger partial charge is 0.338 e. The van der Waals surface area contributed by atoms with Crippen molar-refractivity contribution in [1.29, 1.82) is 0 Å². The summed E-state index contributed by atoms with van der Waals surface area (Å²) >= 11 is 0. The van der Waals surface area contributed by atoms with Gasteiger partial charge in [0.2, 0.25) is 11.3 Å². The van der Waals surface area contributed by atoms with Crippen molar-refractivity contribution < 1.29 is 19.1 Å². The zero-order valence-corrected chi connectivity index (χ0v) is 15.5. The van der Waals surface area contributed by atoms with Crippen LogP contribution in [0.5, 0.6) is 0 Å². The van der Waals surface area contributed by atoms with E-state index in [9.17, 15) is 9.59 Å². The lowest BCUT2D eigenvalue weighted by molar-refractivity contribution is 0.0265. The van der Waals surface area contributed by atoms with Gasteiger partial charge in [0.25, 0.3) is 0 Å². The van der Waals surface area contributed by atoms with E-state index in [-0.39, 0.29) is 13.2 Å². The Hall–Kier alpha value is -3.42. The van der Waals surface area contributed by atoms with Crippen LogP contribution in [-0.4, -0.2) is 25.2 Å². The van der Waals surface area contributed by atoms with Crippen molar-refractivity contribution in [1.82, 2.24) is 0 Å². The van der Waals surface area contributed by atoms with Crippen LogP contribution in [0.3, 0.4) is 0 Å². The lowest BCUT2D eigenvalue weighted by atomic mass is 10.0. The minimum Gasteiger partial charge on any atom is -0.458 e. The highest BCUT2D eigenvalue weighted by molar-refractivity contribution is 5.90. The van der Waals surface area contributed by atoms with E-state index in [1.807, 2.05) is 13.8 Å². The fraction of sp³-hybridized carbons (Fsp3) is 0.300. The van der Waals surface area contributed by atoms with E-state index >= 15 is 0 Å². The minimum absolute atomic E-state index is 0.0252. The molecule has 0 amide bonds. The molecule has 0 N–H and O–H groups in total. The molecule has 0 aromatic heterocycles. The number of ether oxygens (including phenoxy) is 2. The van der Waals surface area contributed by atoms with E-state index in [4.69, 9.17) is 9.47 Å². The molecular weight excluding hydrogens is 360 g/mol. The highest BCUT2D eigenvalue weighted by Gasteiger charge is 2.36. The fourth-order valence-corrected chi connectivity index (χ4v) is 2.66. The fourth-order valence-electron chi connectivity index (χ4n) is 2.66. The van der Waals surface area contributed by atoms with Crippen LogP contribution in [-0.2, 0) is 20.8 Å². The third-order valence-electron chi connectivity index (χ3n) is 4.68. The first-order valence-electron chi connectivity index (χ1n) is 8.83. The van der Waals surface area contributed by atoms with E-state index < -0.39 is 23.3 Å². The molecule has 0 bridgehead atoms. The van der Waals surface area contributed by atoms with Gasteiger partial charge in [0.15, 0.2) is 0 Å². The molecular formula is C20H18N4O4. The van der Waals surface area contributed by atoms with E-state index in [0.29, 0.717) is 11.1 Å². The Morgan fingerprint density at radius 1 is 0.679 bits per heavy atom. The maximum atomic E-state index is 12.0. The largest absolute Gasteiger partial charge is 0.458 e. The molecule has 0 saturated carbocycles. The zero-order valence-electron chi connectivity index (χ0n) is 15.5.